The maximum atomic E-state index is 13.2. The molecule has 5 nitrogen and oxygen atoms in total. The quantitative estimate of drug-likeness (QED) is 0.802. The highest BCUT2D eigenvalue weighted by atomic mass is 19.4. The molecule has 8 heteroatoms. The van der Waals surface area contributed by atoms with Gasteiger partial charge in [0, 0.05) is 18.3 Å². The fourth-order valence-corrected chi connectivity index (χ4v) is 3.35. The Labute approximate surface area is 160 Å². The second-order valence-electron chi connectivity index (χ2n) is 6.54. The molecule has 0 saturated carbocycles. The predicted octanol–water partition coefficient (Wildman–Crippen LogP) is 3.59. The molecular weight excluding hydrogens is 373 g/mol. The van der Waals surface area contributed by atoms with Gasteiger partial charge in [-0.05, 0) is 31.2 Å². The van der Waals surface area contributed by atoms with E-state index in [0.717, 1.165) is 17.0 Å². The molecule has 2 aromatic rings. The van der Waals surface area contributed by atoms with E-state index in [0.29, 0.717) is 11.4 Å². The maximum absolute atomic E-state index is 13.2. The molecule has 0 radical (unpaired) electrons. The summed E-state index contributed by atoms with van der Waals surface area (Å²) >= 11 is 0. The van der Waals surface area contributed by atoms with Crippen LogP contribution in [-0.2, 0) is 11.0 Å². The molecule has 1 aliphatic heterocycles. The number of amides is 2. The number of hydrogen-bond donors (Lipinski definition) is 0. The molecule has 2 aromatic carbocycles. The van der Waals surface area contributed by atoms with Crippen molar-refractivity contribution in [1.29, 1.82) is 0 Å². The van der Waals surface area contributed by atoms with E-state index in [1.807, 2.05) is 0 Å². The van der Waals surface area contributed by atoms with Gasteiger partial charge in [-0.25, -0.2) is 0 Å². The number of benzene rings is 2. The second kappa shape index (κ2) is 7.53. The lowest BCUT2D eigenvalue weighted by molar-refractivity contribution is -0.138. The number of ether oxygens (including phenoxy) is 1. The summed E-state index contributed by atoms with van der Waals surface area (Å²) in [5.74, 6) is -0.599. The molecule has 1 unspecified atom stereocenters. The molecule has 1 atom stereocenters. The van der Waals surface area contributed by atoms with Gasteiger partial charge in [0.1, 0.15) is 12.3 Å². The van der Waals surface area contributed by atoms with Crippen molar-refractivity contribution < 1.29 is 27.5 Å². The monoisotopic (exact) mass is 392 g/mol. The minimum atomic E-state index is -4.65. The molecule has 2 amide bonds. The number of carbonyl (C=O) groups is 2. The highest BCUT2D eigenvalue weighted by Crippen LogP contribution is 2.33. The number of rotatable bonds is 3. The summed E-state index contributed by atoms with van der Waals surface area (Å²) in [5, 5.41) is 0. The first-order valence-corrected chi connectivity index (χ1v) is 8.64. The molecule has 0 spiro atoms. The molecular formula is C20H19F3N2O3. The molecule has 0 aliphatic carbocycles. The zero-order valence-corrected chi connectivity index (χ0v) is 15.4. The molecule has 0 N–H and O–H groups in total. The first kappa shape index (κ1) is 19.7. The van der Waals surface area contributed by atoms with Gasteiger partial charge in [-0.3, -0.25) is 9.59 Å². The lowest BCUT2D eigenvalue weighted by Gasteiger charge is -2.39. The van der Waals surface area contributed by atoms with Gasteiger partial charge in [-0.1, -0.05) is 18.2 Å². The van der Waals surface area contributed by atoms with Crippen LogP contribution in [0.25, 0.3) is 0 Å². The summed E-state index contributed by atoms with van der Waals surface area (Å²) in [6, 6.07) is 11.1. The zero-order valence-electron chi connectivity index (χ0n) is 15.4. The Morgan fingerprint density at radius 2 is 1.86 bits per heavy atom. The average Bonchev–Trinajstić information content (AvgIpc) is 2.66. The van der Waals surface area contributed by atoms with Crippen molar-refractivity contribution in [3.8, 4) is 5.75 Å². The van der Waals surface area contributed by atoms with Gasteiger partial charge in [0.25, 0.3) is 5.91 Å². The zero-order chi connectivity index (χ0) is 20.5. The summed E-state index contributed by atoms with van der Waals surface area (Å²) in [4.78, 5) is 28.1. The van der Waals surface area contributed by atoms with Crippen LogP contribution < -0.4 is 9.64 Å². The number of halogens is 3. The van der Waals surface area contributed by atoms with Crippen LogP contribution in [0.5, 0.6) is 5.75 Å². The normalized spacial score (nSPS) is 17.6. The number of nitrogens with zero attached hydrogens (tertiary/aromatic N) is 2. The van der Waals surface area contributed by atoms with E-state index >= 15 is 0 Å². The Morgan fingerprint density at radius 1 is 1.14 bits per heavy atom. The topological polar surface area (TPSA) is 49.9 Å². The van der Waals surface area contributed by atoms with Crippen LogP contribution in [-0.4, -0.2) is 43.0 Å². The first-order valence-electron chi connectivity index (χ1n) is 8.64. The minimum Gasteiger partial charge on any atom is -0.497 e. The SMILES string of the molecule is COc1cccc(N2C(=O)CN(C(=O)c3ccccc3C(F)(F)F)CC2C)c1. The van der Waals surface area contributed by atoms with Gasteiger partial charge < -0.3 is 14.5 Å². The lowest BCUT2D eigenvalue weighted by Crippen LogP contribution is -2.57. The van der Waals surface area contributed by atoms with Crippen LogP contribution in [0, 0.1) is 0 Å². The number of carbonyl (C=O) groups excluding carboxylic acids is 2. The van der Waals surface area contributed by atoms with Crippen LogP contribution >= 0.6 is 0 Å². The van der Waals surface area contributed by atoms with E-state index in [-0.39, 0.29) is 19.0 Å². The second-order valence-corrected chi connectivity index (χ2v) is 6.54. The Morgan fingerprint density at radius 3 is 2.50 bits per heavy atom. The number of alkyl halides is 3. The summed E-state index contributed by atoms with van der Waals surface area (Å²) < 4.78 is 44.8. The van der Waals surface area contributed by atoms with E-state index < -0.39 is 29.3 Å². The number of piperazine rings is 1. The van der Waals surface area contributed by atoms with Gasteiger partial charge in [-0.2, -0.15) is 13.2 Å². The van der Waals surface area contributed by atoms with Crippen molar-refractivity contribution in [1.82, 2.24) is 4.90 Å². The van der Waals surface area contributed by atoms with Crippen molar-refractivity contribution in [3.63, 3.8) is 0 Å². The van der Waals surface area contributed by atoms with Gasteiger partial charge >= 0.3 is 6.18 Å². The molecule has 0 aromatic heterocycles. The number of hydrogen-bond acceptors (Lipinski definition) is 3. The number of methoxy groups -OCH3 is 1. The minimum absolute atomic E-state index is 0.119. The molecule has 3 rings (SSSR count). The van der Waals surface area contributed by atoms with Gasteiger partial charge in [0.2, 0.25) is 5.91 Å². The van der Waals surface area contributed by atoms with E-state index in [4.69, 9.17) is 4.74 Å². The Balaban J connectivity index is 1.85. The van der Waals surface area contributed by atoms with E-state index in [1.54, 1.807) is 31.2 Å². The Hall–Kier alpha value is -3.03. The summed E-state index contributed by atoms with van der Waals surface area (Å²) in [6.45, 7) is 1.56. The molecule has 1 heterocycles. The Bertz CT molecular complexity index is 898. The standard InChI is InChI=1S/C20H19F3N2O3/c1-13-11-24(19(27)16-8-3-4-9-17(16)20(21,22)23)12-18(26)25(13)14-6-5-7-15(10-14)28-2/h3-10,13H,11-12H2,1-2H3. The van der Waals surface area contributed by atoms with Crippen LogP contribution in [0.2, 0.25) is 0 Å². The van der Waals surface area contributed by atoms with Crippen molar-refractivity contribution >= 4 is 17.5 Å². The average molecular weight is 392 g/mol. The van der Waals surface area contributed by atoms with E-state index in [2.05, 4.69) is 0 Å². The van der Waals surface area contributed by atoms with Crippen molar-refractivity contribution in [2.24, 2.45) is 0 Å². The molecule has 28 heavy (non-hydrogen) atoms. The van der Waals surface area contributed by atoms with Crippen LogP contribution in [0.15, 0.2) is 48.5 Å². The molecule has 0 bridgehead atoms. The smallest absolute Gasteiger partial charge is 0.417 e. The van der Waals surface area contributed by atoms with E-state index in [1.165, 1.54) is 24.1 Å². The highest BCUT2D eigenvalue weighted by molar-refractivity contribution is 6.02. The van der Waals surface area contributed by atoms with Gasteiger partial charge in [0.05, 0.1) is 24.3 Å². The molecule has 1 fully saturated rings. The Kier molecular flexibility index (Phi) is 5.31. The fraction of sp³-hybridized carbons (Fsp3) is 0.300. The maximum Gasteiger partial charge on any atom is 0.417 e. The predicted molar refractivity (Wildman–Crippen MR) is 97.3 cm³/mol. The summed E-state index contributed by atoms with van der Waals surface area (Å²) in [7, 11) is 1.51. The van der Waals surface area contributed by atoms with Crippen molar-refractivity contribution in [2.45, 2.75) is 19.1 Å². The third-order valence-electron chi connectivity index (χ3n) is 4.60. The molecule has 148 valence electrons. The largest absolute Gasteiger partial charge is 0.497 e. The molecule has 1 saturated heterocycles. The van der Waals surface area contributed by atoms with Gasteiger partial charge in [-0.15, -0.1) is 0 Å². The van der Waals surface area contributed by atoms with Crippen molar-refractivity contribution in [3.05, 3.63) is 59.7 Å². The van der Waals surface area contributed by atoms with Crippen molar-refractivity contribution in [2.75, 3.05) is 25.1 Å². The highest BCUT2D eigenvalue weighted by Gasteiger charge is 2.38. The number of anilines is 1. The van der Waals surface area contributed by atoms with Gasteiger partial charge in [0.15, 0.2) is 0 Å². The lowest BCUT2D eigenvalue weighted by atomic mass is 10.0. The van der Waals surface area contributed by atoms with Crippen LogP contribution in [0.4, 0.5) is 18.9 Å². The van der Waals surface area contributed by atoms with E-state index in [9.17, 15) is 22.8 Å². The van der Waals surface area contributed by atoms with Crippen LogP contribution in [0.3, 0.4) is 0 Å². The molecule has 1 aliphatic rings. The summed E-state index contributed by atoms with van der Waals surface area (Å²) in [6.07, 6.45) is -4.65. The third-order valence-corrected chi connectivity index (χ3v) is 4.60. The fourth-order valence-electron chi connectivity index (χ4n) is 3.35. The first-order chi connectivity index (χ1) is 13.2. The van der Waals surface area contributed by atoms with Crippen LogP contribution in [0.1, 0.15) is 22.8 Å². The third kappa shape index (κ3) is 3.81. The summed E-state index contributed by atoms with van der Waals surface area (Å²) in [5.41, 5.74) is -0.847.